The highest BCUT2D eigenvalue weighted by molar-refractivity contribution is 7.11. The highest BCUT2D eigenvalue weighted by Gasteiger charge is 2.34. The van der Waals surface area contributed by atoms with Gasteiger partial charge in [-0.3, -0.25) is 9.69 Å². The van der Waals surface area contributed by atoms with Crippen molar-refractivity contribution in [3.8, 4) is 0 Å². The van der Waals surface area contributed by atoms with Crippen molar-refractivity contribution in [1.29, 1.82) is 0 Å². The lowest BCUT2D eigenvalue weighted by atomic mass is 10.2. The number of halogens is 2. The minimum Gasteiger partial charge on any atom is -0.340 e. The average Bonchev–Trinajstić information content (AvgIpc) is 3.17. The Kier molecular flexibility index (Phi) is 6.91. The van der Waals surface area contributed by atoms with Crippen molar-refractivity contribution < 1.29 is 4.79 Å². The molecule has 1 aliphatic carbocycles. The molecule has 1 aromatic heterocycles. The van der Waals surface area contributed by atoms with Crippen molar-refractivity contribution in [2.75, 3.05) is 26.2 Å². The van der Waals surface area contributed by atoms with Crippen LogP contribution in [0.15, 0.2) is 0 Å². The van der Waals surface area contributed by atoms with Gasteiger partial charge in [-0.05, 0) is 26.7 Å². The van der Waals surface area contributed by atoms with Crippen molar-refractivity contribution in [3.05, 3.63) is 15.6 Å². The van der Waals surface area contributed by atoms with Crippen molar-refractivity contribution >= 4 is 42.1 Å². The summed E-state index contributed by atoms with van der Waals surface area (Å²) in [5.74, 6) is 0.752. The quantitative estimate of drug-likeness (QED) is 0.839. The van der Waals surface area contributed by atoms with Crippen molar-refractivity contribution in [2.45, 2.75) is 33.2 Å². The van der Waals surface area contributed by atoms with Crippen LogP contribution in [-0.4, -0.2) is 46.9 Å². The molecule has 0 spiro atoms. The molecule has 0 bridgehead atoms. The number of aromatic nitrogens is 1. The Labute approximate surface area is 142 Å². The number of piperazine rings is 1. The molecule has 4 nitrogen and oxygen atoms in total. The summed E-state index contributed by atoms with van der Waals surface area (Å²) in [6, 6.07) is 0. The monoisotopic (exact) mass is 351 g/mol. The fourth-order valence-corrected chi connectivity index (χ4v) is 3.62. The molecule has 21 heavy (non-hydrogen) atoms. The maximum absolute atomic E-state index is 12.0. The lowest BCUT2D eigenvalue weighted by Gasteiger charge is -2.34. The molecule has 2 fully saturated rings. The Hall–Kier alpha value is -0.360. The van der Waals surface area contributed by atoms with Crippen molar-refractivity contribution in [3.63, 3.8) is 0 Å². The normalized spacial score (nSPS) is 18.9. The van der Waals surface area contributed by atoms with Gasteiger partial charge in [-0.15, -0.1) is 36.2 Å². The molecule has 0 unspecified atom stereocenters. The Morgan fingerprint density at radius 1 is 1.19 bits per heavy atom. The largest absolute Gasteiger partial charge is 0.340 e. The number of rotatable bonds is 3. The van der Waals surface area contributed by atoms with E-state index in [1.807, 2.05) is 0 Å². The van der Waals surface area contributed by atoms with Gasteiger partial charge in [0.15, 0.2) is 0 Å². The first-order valence-electron chi connectivity index (χ1n) is 7.07. The van der Waals surface area contributed by atoms with E-state index in [-0.39, 0.29) is 24.8 Å². The molecule has 1 aliphatic heterocycles. The lowest BCUT2D eigenvalue weighted by Crippen LogP contribution is -2.48. The van der Waals surface area contributed by atoms with E-state index < -0.39 is 0 Å². The molecule has 120 valence electrons. The van der Waals surface area contributed by atoms with Crippen LogP contribution in [0.2, 0.25) is 0 Å². The fraction of sp³-hybridized carbons (Fsp3) is 0.714. The highest BCUT2D eigenvalue weighted by atomic mass is 35.5. The van der Waals surface area contributed by atoms with Gasteiger partial charge >= 0.3 is 0 Å². The summed E-state index contributed by atoms with van der Waals surface area (Å²) in [5, 5.41) is 1.15. The zero-order valence-corrected chi connectivity index (χ0v) is 15.0. The molecule has 0 radical (unpaired) electrons. The Morgan fingerprint density at radius 2 is 1.81 bits per heavy atom. The van der Waals surface area contributed by atoms with E-state index in [0.29, 0.717) is 11.8 Å². The number of hydrogen-bond acceptors (Lipinski definition) is 4. The van der Waals surface area contributed by atoms with Crippen LogP contribution >= 0.6 is 36.2 Å². The van der Waals surface area contributed by atoms with Gasteiger partial charge in [0.25, 0.3) is 0 Å². The summed E-state index contributed by atoms with van der Waals surface area (Å²) >= 11 is 1.80. The van der Waals surface area contributed by atoms with Crippen molar-refractivity contribution in [2.24, 2.45) is 5.92 Å². The minimum atomic E-state index is 0. The lowest BCUT2D eigenvalue weighted by molar-refractivity contribution is -0.134. The van der Waals surface area contributed by atoms with Crippen LogP contribution in [0.5, 0.6) is 0 Å². The first-order chi connectivity index (χ1) is 9.13. The molecule has 2 aliphatic rings. The second-order valence-electron chi connectivity index (χ2n) is 5.62. The second-order valence-corrected chi connectivity index (χ2v) is 6.90. The number of hydrogen-bond donors (Lipinski definition) is 0. The van der Waals surface area contributed by atoms with Gasteiger partial charge in [-0.1, -0.05) is 0 Å². The summed E-state index contributed by atoms with van der Waals surface area (Å²) in [4.78, 5) is 22.3. The predicted octanol–water partition coefficient (Wildman–Crippen LogP) is 2.66. The SMILES string of the molecule is Cc1nc(C)c(CN2CCN(C(=O)C3CC3)CC2)s1.Cl.Cl. The molecule has 0 N–H and O–H groups in total. The van der Waals surface area contributed by atoms with Crippen LogP contribution in [0.25, 0.3) is 0 Å². The number of carbonyl (C=O) groups is 1. The Balaban J connectivity index is 0.00000110. The van der Waals surface area contributed by atoms with Gasteiger partial charge in [-0.25, -0.2) is 4.98 Å². The van der Waals surface area contributed by atoms with E-state index in [9.17, 15) is 4.79 Å². The summed E-state index contributed by atoms with van der Waals surface area (Å²) in [6.45, 7) is 8.92. The zero-order valence-electron chi connectivity index (χ0n) is 12.5. The van der Waals surface area contributed by atoms with Crippen LogP contribution in [0.3, 0.4) is 0 Å². The number of thiazole rings is 1. The molecular formula is C14H23Cl2N3OS. The third-order valence-electron chi connectivity index (χ3n) is 3.98. The maximum Gasteiger partial charge on any atom is 0.225 e. The summed E-state index contributed by atoms with van der Waals surface area (Å²) in [6.07, 6.45) is 2.22. The average molecular weight is 352 g/mol. The van der Waals surface area contributed by atoms with Crippen LogP contribution in [-0.2, 0) is 11.3 Å². The molecule has 7 heteroatoms. The third kappa shape index (κ3) is 4.55. The third-order valence-corrected chi connectivity index (χ3v) is 5.03. The summed E-state index contributed by atoms with van der Waals surface area (Å²) in [7, 11) is 0. The van der Waals surface area contributed by atoms with Crippen LogP contribution in [0.4, 0.5) is 0 Å². The van der Waals surface area contributed by atoms with Gasteiger partial charge in [0.1, 0.15) is 0 Å². The minimum absolute atomic E-state index is 0. The van der Waals surface area contributed by atoms with Gasteiger partial charge < -0.3 is 4.90 Å². The molecule has 1 saturated carbocycles. The smallest absolute Gasteiger partial charge is 0.225 e. The highest BCUT2D eigenvalue weighted by Crippen LogP contribution is 2.31. The molecular weight excluding hydrogens is 329 g/mol. The van der Waals surface area contributed by atoms with Gasteiger partial charge in [0.2, 0.25) is 5.91 Å². The standard InChI is InChI=1S/C14H21N3OS.2ClH/c1-10-13(19-11(2)15-10)9-16-5-7-17(8-6-16)14(18)12-3-4-12;;/h12H,3-9H2,1-2H3;2*1H. The zero-order chi connectivity index (χ0) is 13.4. The molecule has 1 amide bonds. The number of nitrogens with zero attached hydrogens (tertiary/aromatic N) is 3. The second kappa shape index (κ2) is 7.77. The summed E-state index contributed by atoms with van der Waals surface area (Å²) < 4.78 is 0. The number of amides is 1. The Morgan fingerprint density at radius 3 is 2.29 bits per heavy atom. The van der Waals surface area contributed by atoms with Gasteiger partial charge in [-0.2, -0.15) is 0 Å². The van der Waals surface area contributed by atoms with E-state index in [1.165, 1.54) is 10.6 Å². The Bertz CT molecular complexity index is 483. The number of carbonyl (C=O) groups excluding carboxylic acids is 1. The molecule has 1 aromatic rings. The fourth-order valence-electron chi connectivity index (χ4n) is 2.64. The first kappa shape index (κ1) is 18.7. The van der Waals surface area contributed by atoms with E-state index in [0.717, 1.165) is 50.6 Å². The maximum atomic E-state index is 12.0. The predicted molar refractivity (Wildman–Crippen MR) is 90.7 cm³/mol. The molecule has 2 heterocycles. The van der Waals surface area contributed by atoms with E-state index in [2.05, 4.69) is 28.6 Å². The number of aryl methyl sites for hydroxylation is 2. The molecule has 0 atom stereocenters. The molecule has 1 saturated heterocycles. The van der Waals surface area contributed by atoms with E-state index in [1.54, 1.807) is 11.3 Å². The van der Waals surface area contributed by atoms with Crippen molar-refractivity contribution in [1.82, 2.24) is 14.8 Å². The van der Waals surface area contributed by atoms with E-state index in [4.69, 9.17) is 0 Å². The van der Waals surface area contributed by atoms with Gasteiger partial charge in [0.05, 0.1) is 10.7 Å². The van der Waals surface area contributed by atoms with Crippen LogP contribution in [0.1, 0.15) is 28.4 Å². The summed E-state index contributed by atoms with van der Waals surface area (Å²) in [5.41, 5.74) is 1.17. The first-order valence-corrected chi connectivity index (χ1v) is 7.89. The van der Waals surface area contributed by atoms with Gasteiger partial charge in [0, 0.05) is 43.5 Å². The molecule has 0 aromatic carbocycles. The van der Waals surface area contributed by atoms with Crippen LogP contribution < -0.4 is 0 Å². The topological polar surface area (TPSA) is 36.4 Å². The van der Waals surface area contributed by atoms with E-state index >= 15 is 0 Å². The van der Waals surface area contributed by atoms with Crippen LogP contribution in [0, 0.1) is 19.8 Å². The molecule has 3 rings (SSSR count).